The number of ether oxygens (including phenoxy) is 1. The molecule has 0 spiro atoms. The minimum Gasteiger partial charge on any atom is -0.474 e. The van der Waals surface area contributed by atoms with Crippen molar-refractivity contribution in [2.75, 3.05) is 43.5 Å². The number of aryl methyl sites for hydroxylation is 1. The SMILES string of the molecule is CN1CCN2c3ccc(Nc4cnc(-c5ccnc6c5ccn6C)c5c4C(=O)NC5)nc3OC[C@@H]2C1. The van der Waals surface area contributed by atoms with E-state index in [1.807, 2.05) is 42.1 Å². The molecule has 1 atom stereocenters. The summed E-state index contributed by atoms with van der Waals surface area (Å²) in [6.45, 7) is 3.98. The average Bonchev–Trinajstić information content (AvgIpc) is 3.47. The van der Waals surface area contributed by atoms with Gasteiger partial charge in [0.25, 0.3) is 5.91 Å². The van der Waals surface area contributed by atoms with Crippen molar-refractivity contribution in [1.29, 1.82) is 0 Å². The van der Waals surface area contributed by atoms with Crippen LogP contribution in [0.3, 0.4) is 0 Å². The summed E-state index contributed by atoms with van der Waals surface area (Å²) >= 11 is 0. The number of rotatable bonds is 3. The number of aromatic nitrogens is 4. The van der Waals surface area contributed by atoms with Gasteiger partial charge < -0.3 is 29.7 Å². The number of amides is 1. The molecule has 0 aliphatic carbocycles. The number of nitrogens with one attached hydrogen (secondary N) is 2. The highest BCUT2D eigenvalue weighted by Gasteiger charge is 2.33. The Kier molecular flexibility index (Phi) is 4.65. The number of carbonyl (C=O) groups is 1. The summed E-state index contributed by atoms with van der Waals surface area (Å²) in [4.78, 5) is 31.6. The Balaban J connectivity index is 1.24. The van der Waals surface area contributed by atoms with Gasteiger partial charge in [-0.2, -0.15) is 4.98 Å². The van der Waals surface area contributed by atoms with Crippen LogP contribution in [-0.4, -0.2) is 69.7 Å². The molecule has 10 nitrogen and oxygen atoms in total. The maximum Gasteiger partial charge on any atom is 0.254 e. The topological polar surface area (TPSA) is 100 Å². The van der Waals surface area contributed by atoms with Crippen LogP contribution in [0.5, 0.6) is 5.88 Å². The number of nitrogens with zero attached hydrogens (tertiary/aromatic N) is 6. The van der Waals surface area contributed by atoms with Gasteiger partial charge in [0.1, 0.15) is 23.8 Å². The van der Waals surface area contributed by atoms with Crippen LogP contribution in [0.2, 0.25) is 0 Å². The molecule has 7 rings (SSSR count). The number of carbonyl (C=O) groups excluding carboxylic acids is 1. The average molecular weight is 483 g/mol. The zero-order valence-corrected chi connectivity index (χ0v) is 20.2. The van der Waals surface area contributed by atoms with E-state index in [0.29, 0.717) is 42.1 Å². The number of anilines is 3. The molecule has 0 bridgehead atoms. The van der Waals surface area contributed by atoms with Crippen molar-refractivity contribution in [3.05, 3.63) is 54.0 Å². The van der Waals surface area contributed by atoms with Crippen LogP contribution in [0.4, 0.5) is 17.2 Å². The molecule has 7 heterocycles. The quantitative estimate of drug-likeness (QED) is 0.460. The summed E-state index contributed by atoms with van der Waals surface area (Å²) in [7, 11) is 4.11. The Morgan fingerprint density at radius 2 is 2.06 bits per heavy atom. The minimum atomic E-state index is -0.121. The van der Waals surface area contributed by atoms with E-state index in [0.717, 1.165) is 53.2 Å². The minimum absolute atomic E-state index is 0.121. The second-order valence-corrected chi connectivity index (χ2v) is 9.65. The fraction of sp³-hybridized carbons (Fsp3) is 0.308. The van der Waals surface area contributed by atoms with Crippen LogP contribution >= 0.6 is 0 Å². The van der Waals surface area contributed by atoms with Crippen molar-refractivity contribution in [3.63, 3.8) is 0 Å². The van der Waals surface area contributed by atoms with Crippen molar-refractivity contribution in [2.45, 2.75) is 12.6 Å². The third kappa shape index (κ3) is 3.21. The molecule has 0 radical (unpaired) electrons. The lowest BCUT2D eigenvalue weighted by Crippen LogP contribution is -2.56. The first-order valence-corrected chi connectivity index (χ1v) is 12.1. The lowest BCUT2D eigenvalue weighted by atomic mass is 10.0. The standard InChI is InChI=1S/C26H26N8O2/c1-32-9-10-34-15(13-32)14-36-26-20(34)3-4-21(31-26)30-19-12-28-23(18-11-29-25(35)22(18)19)16-5-7-27-24-17(16)6-8-33(24)2/h3-8,12,15H,9-11,13-14H2,1-2H3,(H,29,35)(H,30,31)/t15-/m0/s1. The fourth-order valence-electron chi connectivity index (χ4n) is 5.55. The van der Waals surface area contributed by atoms with Gasteiger partial charge in [-0.1, -0.05) is 0 Å². The smallest absolute Gasteiger partial charge is 0.254 e. The largest absolute Gasteiger partial charge is 0.474 e. The van der Waals surface area contributed by atoms with E-state index in [4.69, 9.17) is 14.7 Å². The molecule has 3 aliphatic heterocycles. The molecule has 36 heavy (non-hydrogen) atoms. The summed E-state index contributed by atoms with van der Waals surface area (Å²) in [6, 6.07) is 8.31. The molecule has 3 aliphatic rings. The van der Waals surface area contributed by atoms with Gasteiger partial charge in [-0.25, -0.2) is 4.98 Å². The van der Waals surface area contributed by atoms with E-state index in [2.05, 4.69) is 32.5 Å². The van der Waals surface area contributed by atoms with Gasteiger partial charge in [0.05, 0.1) is 29.2 Å². The molecule has 182 valence electrons. The highest BCUT2D eigenvalue weighted by molar-refractivity contribution is 6.06. The van der Waals surface area contributed by atoms with Crippen molar-refractivity contribution < 1.29 is 9.53 Å². The molecular weight excluding hydrogens is 456 g/mol. The lowest BCUT2D eigenvalue weighted by molar-refractivity contribution is 0.0966. The van der Waals surface area contributed by atoms with Gasteiger partial charge in [0.15, 0.2) is 0 Å². The highest BCUT2D eigenvalue weighted by atomic mass is 16.5. The number of pyridine rings is 3. The lowest BCUT2D eigenvalue weighted by Gasteiger charge is -2.44. The Labute approximate surface area is 207 Å². The molecule has 10 heteroatoms. The van der Waals surface area contributed by atoms with Crippen LogP contribution in [0.1, 0.15) is 15.9 Å². The molecule has 0 aromatic carbocycles. The van der Waals surface area contributed by atoms with E-state index >= 15 is 0 Å². The van der Waals surface area contributed by atoms with Gasteiger partial charge in [0.2, 0.25) is 5.88 Å². The highest BCUT2D eigenvalue weighted by Crippen LogP contribution is 2.38. The van der Waals surface area contributed by atoms with Crippen LogP contribution in [-0.2, 0) is 13.6 Å². The second kappa shape index (κ2) is 7.92. The summed E-state index contributed by atoms with van der Waals surface area (Å²) in [5, 5.41) is 7.29. The molecule has 1 fully saturated rings. The zero-order chi connectivity index (χ0) is 24.4. The van der Waals surface area contributed by atoms with Crippen molar-refractivity contribution >= 4 is 34.1 Å². The molecule has 0 saturated carbocycles. The predicted octanol–water partition coefficient (Wildman–Crippen LogP) is 2.53. The van der Waals surface area contributed by atoms with Gasteiger partial charge >= 0.3 is 0 Å². The van der Waals surface area contributed by atoms with Gasteiger partial charge in [0, 0.05) is 62.1 Å². The summed E-state index contributed by atoms with van der Waals surface area (Å²) < 4.78 is 8.01. The Morgan fingerprint density at radius 1 is 1.14 bits per heavy atom. The van der Waals surface area contributed by atoms with Gasteiger partial charge in [-0.05, 0) is 31.3 Å². The molecule has 4 aromatic heterocycles. The summed E-state index contributed by atoms with van der Waals surface area (Å²) in [5.41, 5.74) is 5.74. The number of fused-ring (bicyclic) bond motifs is 5. The molecule has 2 N–H and O–H groups in total. The van der Waals surface area contributed by atoms with E-state index in [-0.39, 0.29) is 5.91 Å². The molecule has 4 aromatic rings. The van der Waals surface area contributed by atoms with Crippen molar-refractivity contribution in [1.82, 2.24) is 29.7 Å². The van der Waals surface area contributed by atoms with E-state index in [1.54, 1.807) is 12.4 Å². The van der Waals surface area contributed by atoms with Crippen LogP contribution < -0.4 is 20.3 Å². The first-order chi connectivity index (χ1) is 17.6. The van der Waals surface area contributed by atoms with Crippen molar-refractivity contribution in [3.8, 4) is 17.1 Å². The van der Waals surface area contributed by atoms with Gasteiger partial charge in [-0.15, -0.1) is 0 Å². The molecule has 1 saturated heterocycles. The number of hydrogen-bond donors (Lipinski definition) is 2. The number of likely N-dealkylation sites (N-methyl/N-ethyl adjacent to an activating group) is 1. The number of piperazine rings is 1. The van der Waals surface area contributed by atoms with E-state index in [1.165, 1.54) is 0 Å². The van der Waals surface area contributed by atoms with E-state index in [9.17, 15) is 4.79 Å². The zero-order valence-electron chi connectivity index (χ0n) is 20.2. The van der Waals surface area contributed by atoms with Crippen LogP contribution in [0.25, 0.3) is 22.3 Å². The number of hydrogen-bond acceptors (Lipinski definition) is 8. The third-order valence-electron chi connectivity index (χ3n) is 7.37. The molecular formula is C26H26N8O2. The van der Waals surface area contributed by atoms with Crippen molar-refractivity contribution in [2.24, 2.45) is 7.05 Å². The fourth-order valence-corrected chi connectivity index (χ4v) is 5.55. The Bertz CT molecular complexity index is 1530. The Hall–Kier alpha value is -4.18. The van der Waals surface area contributed by atoms with Crippen LogP contribution in [0.15, 0.2) is 42.9 Å². The van der Waals surface area contributed by atoms with Crippen LogP contribution in [0, 0.1) is 0 Å². The van der Waals surface area contributed by atoms with E-state index < -0.39 is 0 Å². The second-order valence-electron chi connectivity index (χ2n) is 9.65. The Morgan fingerprint density at radius 3 is 2.97 bits per heavy atom. The monoisotopic (exact) mass is 482 g/mol. The maximum absolute atomic E-state index is 12.9. The summed E-state index contributed by atoms with van der Waals surface area (Å²) in [5.74, 6) is 1.12. The van der Waals surface area contributed by atoms with Gasteiger partial charge in [-0.3, -0.25) is 9.78 Å². The maximum atomic E-state index is 12.9. The third-order valence-corrected chi connectivity index (χ3v) is 7.37. The molecule has 1 amide bonds. The summed E-state index contributed by atoms with van der Waals surface area (Å²) in [6.07, 6.45) is 5.48. The first kappa shape index (κ1) is 21.1. The first-order valence-electron chi connectivity index (χ1n) is 12.1. The predicted molar refractivity (Wildman–Crippen MR) is 137 cm³/mol. The molecule has 0 unspecified atom stereocenters. The normalized spacial score (nSPS) is 18.9.